The second kappa shape index (κ2) is 9.05. The van der Waals surface area contributed by atoms with Gasteiger partial charge in [-0.3, -0.25) is 4.79 Å². The van der Waals surface area contributed by atoms with Crippen LogP contribution in [0.4, 0.5) is 5.82 Å². The van der Waals surface area contributed by atoms with Crippen LogP contribution in [-0.4, -0.2) is 24.5 Å². The molecule has 1 aromatic carbocycles. The van der Waals surface area contributed by atoms with E-state index in [1.54, 1.807) is 6.07 Å². The molecule has 7 nitrogen and oxygen atoms in total. The van der Waals surface area contributed by atoms with Crippen molar-refractivity contribution < 1.29 is 0 Å². The number of pyridine rings is 1. The van der Waals surface area contributed by atoms with Crippen molar-refractivity contribution in [2.75, 3.05) is 5.73 Å². The molecule has 3 aromatic heterocycles. The second-order valence-corrected chi connectivity index (χ2v) is 6.87. The number of nitrogens with one attached hydrogen (secondary N) is 1. The molecule has 0 amide bonds. The molecule has 3 heterocycles. The molecule has 29 heavy (non-hydrogen) atoms. The first kappa shape index (κ1) is 20.8. The average molecular weight is 413 g/mol. The number of hydrogen-bond acceptors (Lipinski definition) is 5. The average Bonchev–Trinajstić information content (AvgIpc) is 3.45. The minimum absolute atomic E-state index is 0.0763. The molecule has 1 fully saturated rings. The van der Waals surface area contributed by atoms with Crippen molar-refractivity contribution in [3.8, 4) is 0 Å². The van der Waals surface area contributed by atoms with Crippen LogP contribution >= 0.6 is 11.6 Å². The normalized spacial score (nSPS) is 12.8. The highest BCUT2D eigenvalue weighted by Gasteiger charge is 2.27. The third kappa shape index (κ3) is 4.24. The van der Waals surface area contributed by atoms with Gasteiger partial charge in [0.2, 0.25) is 0 Å². The molecule has 4 aromatic rings. The molecule has 0 saturated heterocycles. The number of H-pyrrole nitrogens is 1. The number of anilines is 1. The molecular formula is C21H25ClN6O. The molecule has 1 aliphatic carbocycles. The maximum Gasteiger partial charge on any atom is 0.260 e. The lowest BCUT2D eigenvalue weighted by molar-refractivity contribution is 0.670. The third-order valence-corrected chi connectivity index (χ3v) is 4.95. The van der Waals surface area contributed by atoms with Crippen molar-refractivity contribution in [1.82, 2.24) is 24.5 Å². The van der Waals surface area contributed by atoms with Gasteiger partial charge in [0.15, 0.2) is 11.5 Å². The van der Waals surface area contributed by atoms with Crippen LogP contribution in [0.1, 0.15) is 45.3 Å². The van der Waals surface area contributed by atoms with Crippen molar-refractivity contribution in [1.29, 1.82) is 0 Å². The molecule has 0 spiro atoms. The highest BCUT2D eigenvalue weighted by Crippen LogP contribution is 2.35. The van der Waals surface area contributed by atoms with Gasteiger partial charge in [0.25, 0.3) is 5.56 Å². The predicted octanol–water partition coefficient (Wildman–Crippen LogP) is 4.51. The summed E-state index contributed by atoms with van der Waals surface area (Å²) < 4.78 is 1.94. The van der Waals surface area contributed by atoms with E-state index in [4.69, 9.17) is 17.3 Å². The maximum absolute atomic E-state index is 12.5. The topological polar surface area (TPSA) is 102 Å². The van der Waals surface area contributed by atoms with E-state index in [0.717, 1.165) is 30.3 Å². The Labute approximate surface area is 174 Å². The standard InChI is InChI=1S/C14H14ClNO.C5H5N5.C2H6/c1-2-10-8-9-4-3-5-12(15)13(9)14(17)16(10)11-6-7-11;6-4-3-5(9-1-7-3)10-2-8-4;1-2/h3-5,8,11H,2,6-7H2,1H3;1-2H,(H3,6,7,8,9,10);1-2H3. The number of nitrogens with two attached hydrogens (primary N) is 1. The van der Waals surface area contributed by atoms with Crippen molar-refractivity contribution in [3.05, 3.63) is 58.0 Å². The lowest BCUT2D eigenvalue weighted by Crippen LogP contribution is -2.22. The molecule has 1 saturated carbocycles. The van der Waals surface area contributed by atoms with Crippen LogP contribution in [0.5, 0.6) is 0 Å². The van der Waals surface area contributed by atoms with E-state index in [-0.39, 0.29) is 5.56 Å². The molecule has 0 bridgehead atoms. The fraction of sp³-hybridized carbons (Fsp3) is 0.333. The number of benzene rings is 1. The SMILES string of the molecule is CC.CCc1cc2cccc(Cl)c2c(=O)n1C1CC1.Nc1ncnc2nc[nH]c12. The minimum Gasteiger partial charge on any atom is -0.382 e. The van der Waals surface area contributed by atoms with Crippen molar-refractivity contribution in [2.24, 2.45) is 0 Å². The van der Waals surface area contributed by atoms with Gasteiger partial charge >= 0.3 is 0 Å². The molecule has 1 aliphatic rings. The van der Waals surface area contributed by atoms with Gasteiger partial charge in [-0.1, -0.05) is 44.5 Å². The quantitative estimate of drug-likeness (QED) is 0.504. The number of fused-ring (bicyclic) bond motifs is 2. The summed E-state index contributed by atoms with van der Waals surface area (Å²) in [6.45, 7) is 6.09. The summed E-state index contributed by atoms with van der Waals surface area (Å²) in [5, 5.41) is 2.18. The molecule has 5 rings (SSSR count). The van der Waals surface area contributed by atoms with Gasteiger partial charge in [0.1, 0.15) is 11.8 Å². The summed E-state index contributed by atoms with van der Waals surface area (Å²) in [6.07, 6.45) is 6.04. The lowest BCUT2D eigenvalue weighted by Gasteiger charge is -2.12. The summed E-state index contributed by atoms with van der Waals surface area (Å²) in [5.74, 6) is 0.433. The smallest absolute Gasteiger partial charge is 0.260 e. The van der Waals surface area contributed by atoms with E-state index in [2.05, 4.69) is 32.9 Å². The number of aromatic amines is 1. The van der Waals surface area contributed by atoms with E-state index in [9.17, 15) is 4.79 Å². The largest absolute Gasteiger partial charge is 0.382 e. The predicted molar refractivity (Wildman–Crippen MR) is 118 cm³/mol. The van der Waals surface area contributed by atoms with E-state index >= 15 is 0 Å². The van der Waals surface area contributed by atoms with Crippen LogP contribution in [0.3, 0.4) is 0 Å². The van der Waals surface area contributed by atoms with Crippen LogP contribution in [0, 0.1) is 0 Å². The Bertz CT molecular complexity index is 1180. The Hall–Kier alpha value is -2.93. The van der Waals surface area contributed by atoms with Crippen molar-refractivity contribution >= 4 is 39.4 Å². The molecular weight excluding hydrogens is 388 g/mol. The molecule has 0 atom stereocenters. The number of nitrogen functional groups attached to an aromatic ring is 1. The van der Waals surface area contributed by atoms with Gasteiger partial charge in [-0.2, -0.15) is 0 Å². The molecule has 0 radical (unpaired) electrons. The Morgan fingerprint density at radius 2 is 2.00 bits per heavy atom. The number of halogens is 1. The Kier molecular flexibility index (Phi) is 6.49. The van der Waals surface area contributed by atoms with Gasteiger partial charge in [-0.15, -0.1) is 0 Å². The monoisotopic (exact) mass is 412 g/mol. The maximum atomic E-state index is 12.5. The fourth-order valence-corrected chi connectivity index (χ4v) is 3.44. The van der Waals surface area contributed by atoms with Gasteiger partial charge < -0.3 is 15.3 Å². The molecule has 152 valence electrons. The number of aryl methyl sites for hydroxylation is 1. The first-order valence-corrected chi connectivity index (χ1v) is 10.2. The van der Waals surface area contributed by atoms with Gasteiger partial charge in [0.05, 0.1) is 16.7 Å². The van der Waals surface area contributed by atoms with Gasteiger partial charge in [-0.25, -0.2) is 15.0 Å². The zero-order chi connectivity index (χ0) is 21.0. The van der Waals surface area contributed by atoms with E-state index in [1.807, 2.05) is 30.5 Å². The van der Waals surface area contributed by atoms with Crippen LogP contribution in [0.2, 0.25) is 5.02 Å². The first-order valence-electron chi connectivity index (χ1n) is 9.82. The second-order valence-electron chi connectivity index (χ2n) is 6.46. The van der Waals surface area contributed by atoms with Gasteiger partial charge in [-0.05, 0) is 36.8 Å². The number of hydrogen-bond donors (Lipinski definition) is 2. The summed E-state index contributed by atoms with van der Waals surface area (Å²) >= 11 is 6.14. The zero-order valence-corrected chi connectivity index (χ0v) is 17.6. The van der Waals surface area contributed by atoms with Crippen LogP contribution in [0.15, 0.2) is 41.7 Å². The molecule has 0 aliphatic heterocycles. The number of imidazole rings is 1. The summed E-state index contributed by atoms with van der Waals surface area (Å²) in [6, 6.07) is 8.14. The Morgan fingerprint density at radius 1 is 1.24 bits per heavy atom. The minimum atomic E-state index is 0.0763. The number of nitrogens with zero attached hydrogens (tertiary/aromatic N) is 4. The lowest BCUT2D eigenvalue weighted by atomic mass is 10.1. The molecule has 8 heteroatoms. The van der Waals surface area contributed by atoms with E-state index in [0.29, 0.717) is 33.4 Å². The number of rotatable bonds is 2. The molecule has 0 unspecified atom stereocenters. The van der Waals surface area contributed by atoms with Crippen LogP contribution < -0.4 is 11.3 Å². The van der Waals surface area contributed by atoms with E-state index < -0.39 is 0 Å². The Morgan fingerprint density at radius 3 is 2.66 bits per heavy atom. The highest BCUT2D eigenvalue weighted by atomic mass is 35.5. The summed E-state index contributed by atoms with van der Waals surface area (Å²) in [7, 11) is 0. The van der Waals surface area contributed by atoms with Crippen molar-refractivity contribution in [2.45, 2.75) is 46.1 Å². The van der Waals surface area contributed by atoms with Crippen LogP contribution in [-0.2, 0) is 6.42 Å². The fourth-order valence-electron chi connectivity index (χ4n) is 3.18. The third-order valence-electron chi connectivity index (χ3n) is 4.64. The Balaban J connectivity index is 0.000000170. The zero-order valence-electron chi connectivity index (χ0n) is 16.8. The van der Waals surface area contributed by atoms with Gasteiger partial charge in [0, 0.05) is 11.7 Å². The summed E-state index contributed by atoms with van der Waals surface area (Å²) in [4.78, 5) is 26.9. The first-order chi connectivity index (χ1) is 14.1. The van der Waals surface area contributed by atoms with Crippen LogP contribution in [0.25, 0.3) is 21.9 Å². The number of aromatic nitrogens is 5. The molecule has 3 N–H and O–H groups in total. The van der Waals surface area contributed by atoms with E-state index in [1.165, 1.54) is 12.7 Å². The summed E-state index contributed by atoms with van der Waals surface area (Å²) in [5.41, 5.74) is 7.97. The van der Waals surface area contributed by atoms with Crippen molar-refractivity contribution in [3.63, 3.8) is 0 Å². The highest BCUT2D eigenvalue weighted by molar-refractivity contribution is 6.35.